The van der Waals surface area contributed by atoms with Gasteiger partial charge in [-0.1, -0.05) is 11.6 Å². The first kappa shape index (κ1) is 18.9. The summed E-state index contributed by atoms with van der Waals surface area (Å²) >= 11 is 5.87. The normalized spacial score (nSPS) is 14.1. The lowest BCUT2D eigenvalue weighted by Gasteiger charge is -2.21. The molecule has 1 amide bonds. The first-order valence-corrected chi connectivity index (χ1v) is 8.06. The smallest absolute Gasteiger partial charge is 0.395 e. The van der Waals surface area contributed by atoms with Crippen LogP contribution in [0.1, 0.15) is 6.92 Å². The summed E-state index contributed by atoms with van der Waals surface area (Å²) in [6, 6.07) is 5.05. The molecule has 2 aromatic rings. The van der Waals surface area contributed by atoms with Crippen molar-refractivity contribution in [1.29, 1.82) is 0 Å². The first-order chi connectivity index (χ1) is 12.7. The number of likely N-dealkylation sites (N-methyl/N-ethyl adjacent to an activating group) is 1. The van der Waals surface area contributed by atoms with Crippen LogP contribution in [0.5, 0.6) is 11.5 Å². The SMILES string of the molecule is CCN(C(=O)Cn1nc(Cl)c(NN)cc1=O)c1ccc2c(c1)OC(F)(F)O2. The summed E-state index contributed by atoms with van der Waals surface area (Å²) in [5, 5.41) is 3.72. The van der Waals surface area contributed by atoms with Crippen LogP contribution in [0.4, 0.5) is 20.2 Å². The Balaban J connectivity index is 1.84. The van der Waals surface area contributed by atoms with E-state index in [2.05, 4.69) is 20.0 Å². The zero-order chi connectivity index (χ0) is 19.8. The van der Waals surface area contributed by atoms with Gasteiger partial charge >= 0.3 is 6.29 Å². The van der Waals surface area contributed by atoms with Crippen molar-refractivity contribution >= 4 is 28.9 Å². The van der Waals surface area contributed by atoms with E-state index in [-0.39, 0.29) is 28.9 Å². The highest BCUT2D eigenvalue weighted by atomic mass is 35.5. The monoisotopic (exact) mass is 401 g/mol. The second-order valence-corrected chi connectivity index (χ2v) is 5.78. The number of carbonyl (C=O) groups is 1. The Morgan fingerprint density at radius 1 is 1.37 bits per heavy atom. The second kappa shape index (κ2) is 7.00. The Morgan fingerprint density at radius 3 is 2.74 bits per heavy atom. The number of hydrazine groups is 1. The van der Waals surface area contributed by atoms with E-state index < -0.39 is 24.3 Å². The zero-order valence-electron chi connectivity index (χ0n) is 13.9. The fraction of sp³-hybridized carbons (Fsp3) is 0.267. The topological polar surface area (TPSA) is 112 Å². The summed E-state index contributed by atoms with van der Waals surface area (Å²) in [5.74, 6) is 4.36. The quantitative estimate of drug-likeness (QED) is 0.577. The van der Waals surface area contributed by atoms with E-state index in [0.717, 1.165) is 10.7 Å². The molecule has 0 saturated heterocycles. The van der Waals surface area contributed by atoms with Crippen LogP contribution in [-0.4, -0.2) is 28.5 Å². The van der Waals surface area contributed by atoms with Gasteiger partial charge in [-0.3, -0.25) is 15.4 Å². The van der Waals surface area contributed by atoms with Crippen LogP contribution in [0.3, 0.4) is 0 Å². The number of nitrogens with zero attached hydrogens (tertiary/aromatic N) is 3. The fourth-order valence-electron chi connectivity index (χ4n) is 2.50. The van der Waals surface area contributed by atoms with Gasteiger partial charge in [0.1, 0.15) is 6.54 Å². The molecule has 144 valence electrons. The lowest BCUT2D eigenvalue weighted by molar-refractivity contribution is -0.286. The lowest BCUT2D eigenvalue weighted by Crippen LogP contribution is -2.37. The van der Waals surface area contributed by atoms with Crippen molar-refractivity contribution < 1.29 is 23.0 Å². The third-order valence-electron chi connectivity index (χ3n) is 3.71. The predicted octanol–water partition coefficient (Wildman–Crippen LogP) is 1.56. The molecule has 0 spiro atoms. The molecule has 0 atom stereocenters. The number of amides is 1. The highest BCUT2D eigenvalue weighted by molar-refractivity contribution is 6.31. The van der Waals surface area contributed by atoms with Crippen LogP contribution in [0, 0.1) is 0 Å². The van der Waals surface area contributed by atoms with Crippen molar-refractivity contribution in [3.63, 3.8) is 0 Å². The molecule has 0 aliphatic carbocycles. The predicted molar refractivity (Wildman–Crippen MR) is 92.0 cm³/mol. The molecule has 27 heavy (non-hydrogen) atoms. The summed E-state index contributed by atoms with van der Waals surface area (Å²) in [6.45, 7) is 1.48. The number of alkyl halides is 2. The molecule has 0 bridgehead atoms. The van der Waals surface area contributed by atoms with Crippen LogP contribution in [-0.2, 0) is 11.3 Å². The minimum atomic E-state index is -3.76. The van der Waals surface area contributed by atoms with Gasteiger partial charge < -0.3 is 19.8 Å². The zero-order valence-corrected chi connectivity index (χ0v) is 14.7. The van der Waals surface area contributed by atoms with E-state index >= 15 is 0 Å². The van der Waals surface area contributed by atoms with Crippen molar-refractivity contribution in [2.24, 2.45) is 5.84 Å². The van der Waals surface area contributed by atoms with Crippen molar-refractivity contribution in [2.75, 3.05) is 16.9 Å². The highest BCUT2D eigenvalue weighted by Gasteiger charge is 2.43. The molecule has 1 aromatic carbocycles. The molecule has 12 heteroatoms. The van der Waals surface area contributed by atoms with E-state index in [1.807, 2.05) is 0 Å². The summed E-state index contributed by atoms with van der Waals surface area (Å²) in [4.78, 5) is 25.9. The van der Waals surface area contributed by atoms with Gasteiger partial charge in [-0.2, -0.15) is 5.10 Å². The maximum absolute atomic E-state index is 13.1. The van der Waals surface area contributed by atoms with Crippen molar-refractivity contribution in [2.45, 2.75) is 19.8 Å². The van der Waals surface area contributed by atoms with Crippen LogP contribution in [0.2, 0.25) is 5.15 Å². The number of benzene rings is 1. The highest BCUT2D eigenvalue weighted by Crippen LogP contribution is 2.42. The molecule has 1 aliphatic rings. The third kappa shape index (κ3) is 3.78. The average molecular weight is 402 g/mol. The molecule has 9 nitrogen and oxygen atoms in total. The number of nitrogens with one attached hydrogen (secondary N) is 1. The standard InChI is InChI=1S/C15H14ClF2N5O4/c1-2-22(8-3-4-10-11(5-8)27-15(17,18)26-10)13(25)7-23-12(24)6-9(20-19)14(16)21-23/h3-6,20H,2,7,19H2,1H3. The molecule has 0 unspecified atom stereocenters. The lowest BCUT2D eigenvalue weighted by atomic mass is 10.2. The molecule has 3 rings (SSSR count). The number of aromatic nitrogens is 2. The minimum Gasteiger partial charge on any atom is -0.395 e. The van der Waals surface area contributed by atoms with E-state index in [4.69, 9.17) is 17.4 Å². The third-order valence-corrected chi connectivity index (χ3v) is 3.99. The number of anilines is 2. The Hall–Kier alpha value is -2.92. The molecule has 3 N–H and O–H groups in total. The molecule has 2 heterocycles. The minimum absolute atomic E-state index is 0.0849. The summed E-state index contributed by atoms with van der Waals surface area (Å²) < 4.78 is 35.9. The number of hydrogen-bond donors (Lipinski definition) is 2. The molecular formula is C15H14ClF2N5O4. The van der Waals surface area contributed by atoms with Gasteiger partial charge in [0.15, 0.2) is 16.7 Å². The summed E-state index contributed by atoms with van der Waals surface area (Å²) in [5.41, 5.74) is 2.03. The van der Waals surface area contributed by atoms with Crippen LogP contribution < -0.4 is 31.2 Å². The number of carbonyl (C=O) groups excluding carboxylic acids is 1. The van der Waals surface area contributed by atoms with Crippen molar-refractivity contribution in [1.82, 2.24) is 9.78 Å². The maximum Gasteiger partial charge on any atom is 0.586 e. The van der Waals surface area contributed by atoms with Gasteiger partial charge in [-0.25, -0.2) is 4.68 Å². The van der Waals surface area contributed by atoms with E-state index in [1.54, 1.807) is 6.92 Å². The van der Waals surface area contributed by atoms with Crippen LogP contribution >= 0.6 is 11.6 Å². The van der Waals surface area contributed by atoms with Gasteiger partial charge in [-0.05, 0) is 19.1 Å². The molecule has 1 aliphatic heterocycles. The van der Waals surface area contributed by atoms with Gasteiger partial charge in [0, 0.05) is 24.4 Å². The largest absolute Gasteiger partial charge is 0.586 e. The van der Waals surface area contributed by atoms with Gasteiger partial charge in [0.2, 0.25) is 5.91 Å². The number of rotatable bonds is 5. The Morgan fingerprint density at radius 2 is 2.07 bits per heavy atom. The fourth-order valence-corrected chi connectivity index (χ4v) is 2.70. The Kier molecular flexibility index (Phi) is 4.89. The number of ether oxygens (including phenoxy) is 2. The van der Waals surface area contributed by atoms with E-state index in [0.29, 0.717) is 5.69 Å². The number of fused-ring (bicyclic) bond motifs is 1. The van der Waals surface area contributed by atoms with Crippen LogP contribution in [0.15, 0.2) is 29.1 Å². The van der Waals surface area contributed by atoms with Gasteiger partial charge in [-0.15, -0.1) is 8.78 Å². The molecule has 1 aromatic heterocycles. The molecule has 0 fully saturated rings. The number of nitrogen functional groups attached to an aromatic ring is 1. The Bertz CT molecular complexity index is 952. The second-order valence-electron chi connectivity index (χ2n) is 5.43. The van der Waals surface area contributed by atoms with Crippen LogP contribution in [0.25, 0.3) is 0 Å². The molecule has 0 saturated carbocycles. The number of nitrogens with two attached hydrogens (primary N) is 1. The maximum atomic E-state index is 13.1. The number of hydrogen-bond acceptors (Lipinski definition) is 7. The van der Waals surface area contributed by atoms with Crippen molar-refractivity contribution in [3.8, 4) is 11.5 Å². The van der Waals surface area contributed by atoms with Gasteiger partial charge in [0.05, 0.1) is 5.69 Å². The molecular weight excluding hydrogens is 388 g/mol. The summed E-state index contributed by atoms with van der Waals surface area (Å²) in [6.07, 6.45) is -3.76. The van der Waals surface area contributed by atoms with Gasteiger partial charge in [0.25, 0.3) is 5.56 Å². The van der Waals surface area contributed by atoms with Crippen molar-refractivity contribution in [3.05, 3.63) is 39.8 Å². The number of halogens is 3. The summed E-state index contributed by atoms with van der Waals surface area (Å²) in [7, 11) is 0. The first-order valence-electron chi connectivity index (χ1n) is 7.68. The molecule has 0 radical (unpaired) electrons. The Labute approximate surface area is 156 Å². The average Bonchev–Trinajstić information content (AvgIpc) is 2.91. The van der Waals surface area contributed by atoms with E-state index in [1.165, 1.54) is 23.1 Å². The van der Waals surface area contributed by atoms with E-state index in [9.17, 15) is 18.4 Å².